The average Bonchev–Trinajstić information content (AvgIpc) is 3.22. The predicted octanol–water partition coefficient (Wildman–Crippen LogP) is 2.88. The number of amides is 2. The van der Waals surface area contributed by atoms with Gasteiger partial charge in [-0.25, -0.2) is 0 Å². The Morgan fingerprint density at radius 2 is 1.70 bits per heavy atom. The van der Waals surface area contributed by atoms with Crippen molar-refractivity contribution in [3.63, 3.8) is 0 Å². The van der Waals surface area contributed by atoms with E-state index in [0.29, 0.717) is 0 Å². The van der Waals surface area contributed by atoms with E-state index in [2.05, 4.69) is 0 Å². The Bertz CT molecular complexity index is 885. The Morgan fingerprint density at radius 3 is 2.44 bits per heavy atom. The molecule has 1 unspecified atom stereocenters. The van der Waals surface area contributed by atoms with Crippen molar-refractivity contribution in [1.29, 1.82) is 0 Å². The summed E-state index contributed by atoms with van der Waals surface area (Å²) in [5.41, 5.74) is 3.40. The average molecular weight is 361 g/mol. The van der Waals surface area contributed by atoms with Gasteiger partial charge >= 0.3 is 0 Å². The minimum absolute atomic E-state index is 0.00557. The maximum atomic E-state index is 13.1. The topological polar surface area (TPSA) is 53.0 Å². The first kappa shape index (κ1) is 17.5. The van der Waals surface area contributed by atoms with Gasteiger partial charge < -0.3 is 9.80 Å². The molecule has 2 aromatic carbocycles. The summed E-state index contributed by atoms with van der Waals surface area (Å²) in [4.78, 5) is 34.0. The summed E-state index contributed by atoms with van der Waals surface area (Å²) in [5, 5.41) is 0. The molecule has 138 valence electrons. The third-order valence-corrected chi connectivity index (χ3v) is 5.20. The number of benzene rings is 2. The molecule has 0 aliphatic carbocycles. The molecule has 0 radical (unpaired) electrons. The van der Waals surface area contributed by atoms with E-state index in [0.717, 1.165) is 48.5 Å². The van der Waals surface area contributed by atoms with Crippen LogP contribution < -0.4 is 4.90 Å². The van der Waals surface area contributed by atoms with Crippen LogP contribution in [0.25, 0.3) is 0 Å². The highest BCUT2D eigenvalue weighted by atomic mass is 16.2. The summed E-state index contributed by atoms with van der Waals surface area (Å²) in [6.45, 7) is 3.43. The summed E-state index contributed by atoms with van der Waals surface area (Å²) in [6, 6.07) is 17.1. The summed E-state index contributed by atoms with van der Waals surface area (Å²) in [5.74, 6) is -0.132. The Hall–Kier alpha value is -2.95. The fourth-order valence-corrected chi connectivity index (χ4v) is 3.76. The summed E-state index contributed by atoms with van der Waals surface area (Å²) >= 11 is 0. The molecule has 2 aliphatic heterocycles. The second-order valence-electron chi connectivity index (χ2n) is 7.05. The van der Waals surface area contributed by atoms with Gasteiger partial charge in [0.15, 0.2) is 0 Å². The zero-order valence-corrected chi connectivity index (χ0v) is 15.5. The van der Waals surface area contributed by atoms with Crippen LogP contribution in [0, 0.1) is 0 Å². The number of carbonyl (C=O) groups excluding carboxylic acids is 2. The molecular weight excluding hydrogens is 338 g/mol. The Kier molecular flexibility index (Phi) is 4.75. The fraction of sp³-hybridized carbons (Fsp3) is 0.318. The van der Waals surface area contributed by atoms with Crippen LogP contribution in [0.5, 0.6) is 0 Å². The van der Waals surface area contributed by atoms with E-state index in [9.17, 15) is 9.59 Å². The van der Waals surface area contributed by atoms with Crippen molar-refractivity contribution >= 4 is 23.2 Å². The molecule has 2 amide bonds. The summed E-state index contributed by atoms with van der Waals surface area (Å²) in [7, 11) is 0. The van der Waals surface area contributed by atoms with Gasteiger partial charge in [0.25, 0.3) is 5.91 Å². The number of para-hydroxylation sites is 1. The number of carbonyl (C=O) groups is 2. The zero-order chi connectivity index (χ0) is 18.8. The van der Waals surface area contributed by atoms with Crippen LogP contribution in [0.4, 0.5) is 5.69 Å². The van der Waals surface area contributed by atoms with Crippen LogP contribution in [0.2, 0.25) is 0 Å². The molecule has 1 fully saturated rings. The van der Waals surface area contributed by atoms with Crippen molar-refractivity contribution in [1.82, 2.24) is 4.90 Å². The fourth-order valence-electron chi connectivity index (χ4n) is 3.76. The molecule has 0 spiro atoms. The number of anilines is 1. The van der Waals surface area contributed by atoms with E-state index >= 15 is 0 Å². The molecule has 2 aliphatic rings. The summed E-state index contributed by atoms with van der Waals surface area (Å²) in [6.07, 6.45) is 2.07. The zero-order valence-electron chi connectivity index (χ0n) is 15.5. The smallest absolute Gasteiger partial charge is 0.252 e. The highest BCUT2D eigenvalue weighted by Gasteiger charge is 2.32. The van der Waals surface area contributed by atoms with Crippen molar-refractivity contribution < 1.29 is 9.59 Å². The van der Waals surface area contributed by atoms with E-state index in [1.807, 2.05) is 59.5 Å². The number of hydrogen-bond acceptors (Lipinski definition) is 3. The number of benzodiazepines with no additional fused rings is 1. The van der Waals surface area contributed by atoms with Crippen LogP contribution >= 0.6 is 0 Å². The molecule has 2 aromatic rings. The maximum Gasteiger partial charge on any atom is 0.252 e. The molecule has 4 rings (SSSR count). The third-order valence-electron chi connectivity index (χ3n) is 5.20. The summed E-state index contributed by atoms with van der Waals surface area (Å²) < 4.78 is 0. The molecule has 5 heteroatoms. The predicted molar refractivity (Wildman–Crippen MR) is 106 cm³/mol. The molecule has 0 saturated carbocycles. The van der Waals surface area contributed by atoms with Crippen LogP contribution in [-0.2, 0) is 9.59 Å². The van der Waals surface area contributed by atoms with E-state index < -0.39 is 6.04 Å². The second kappa shape index (κ2) is 7.35. The molecule has 27 heavy (non-hydrogen) atoms. The Labute approximate surface area is 159 Å². The van der Waals surface area contributed by atoms with E-state index in [1.54, 1.807) is 11.8 Å². The van der Waals surface area contributed by atoms with Gasteiger partial charge in [0, 0.05) is 24.2 Å². The van der Waals surface area contributed by atoms with Crippen molar-refractivity contribution in [2.24, 2.45) is 4.99 Å². The van der Waals surface area contributed by atoms with Crippen molar-refractivity contribution in [3.8, 4) is 0 Å². The van der Waals surface area contributed by atoms with E-state index in [4.69, 9.17) is 4.99 Å². The lowest BCUT2D eigenvalue weighted by Gasteiger charge is -2.26. The molecule has 2 heterocycles. The lowest BCUT2D eigenvalue weighted by Crippen LogP contribution is -2.44. The third kappa shape index (κ3) is 3.37. The molecule has 0 N–H and O–H groups in total. The standard InChI is InChI=1S/C22H23N3O2/c1-16-22(27)25(15-20(26)24-13-7-8-14-24)19-12-6-5-11-18(19)21(23-16)17-9-3-2-4-10-17/h2-6,9-12,16H,7-8,13-15H2,1H3. The first-order valence-electron chi connectivity index (χ1n) is 9.47. The first-order valence-corrected chi connectivity index (χ1v) is 9.47. The first-order chi connectivity index (χ1) is 13.1. The minimum Gasteiger partial charge on any atom is -0.341 e. The lowest BCUT2D eigenvalue weighted by molar-refractivity contribution is -0.130. The SMILES string of the molecule is CC1N=C(c2ccccc2)c2ccccc2N(CC(=O)N2CCCC2)C1=O. The lowest BCUT2D eigenvalue weighted by atomic mass is 10.0. The van der Waals surface area contributed by atoms with Crippen LogP contribution in [0.3, 0.4) is 0 Å². The van der Waals surface area contributed by atoms with Gasteiger partial charge in [0.1, 0.15) is 12.6 Å². The molecule has 1 saturated heterocycles. The molecule has 5 nitrogen and oxygen atoms in total. The number of aliphatic imine (C=N–C) groups is 1. The quantitative estimate of drug-likeness (QED) is 0.844. The van der Waals surface area contributed by atoms with Gasteiger partial charge in [0.05, 0.1) is 11.4 Å². The van der Waals surface area contributed by atoms with Crippen LogP contribution in [0.1, 0.15) is 30.9 Å². The molecular formula is C22H23N3O2. The van der Waals surface area contributed by atoms with Crippen LogP contribution in [0.15, 0.2) is 59.6 Å². The largest absolute Gasteiger partial charge is 0.341 e. The minimum atomic E-state index is -0.543. The van der Waals surface area contributed by atoms with Gasteiger partial charge in [-0.3, -0.25) is 14.6 Å². The second-order valence-corrected chi connectivity index (χ2v) is 7.05. The van der Waals surface area contributed by atoms with Gasteiger partial charge in [-0.15, -0.1) is 0 Å². The van der Waals surface area contributed by atoms with Gasteiger partial charge in [-0.2, -0.15) is 0 Å². The maximum absolute atomic E-state index is 13.1. The Morgan fingerprint density at radius 1 is 1.04 bits per heavy atom. The number of hydrogen-bond donors (Lipinski definition) is 0. The van der Waals surface area contributed by atoms with Crippen LogP contribution in [-0.4, -0.2) is 48.1 Å². The molecule has 0 bridgehead atoms. The monoisotopic (exact) mass is 361 g/mol. The number of rotatable bonds is 3. The van der Waals surface area contributed by atoms with Crippen molar-refractivity contribution in [2.75, 3.05) is 24.5 Å². The highest BCUT2D eigenvalue weighted by molar-refractivity contribution is 6.20. The molecule has 0 aromatic heterocycles. The Balaban J connectivity index is 1.75. The van der Waals surface area contributed by atoms with Gasteiger partial charge in [-0.05, 0) is 25.8 Å². The normalized spacial score (nSPS) is 19.5. The number of likely N-dealkylation sites (tertiary alicyclic amines) is 1. The van der Waals surface area contributed by atoms with E-state index in [-0.39, 0.29) is 18.4 Å². The molecule has 1 atom stereocenters. The number of nitrogens with zero attached hydrogens (tertiary/aromatic N) is 3. The van der Waals surface area contributed by atoms with Gasteiger partial charge in [-0.1, -0.05) is 48.5 Å². The number of fused-ring (bicyclic) bond motifs is 1. The van der Waals surface area contributed by atoms with Crippen molar-refractivity contribution in [3.05, 3.63) is 65.7 Å². The van der Waals surface area contributed by atoms with E-state index in [1.165, 1.54) is 0 Å². The highest BCUT2D eigenvalue weighted by Crippen LogP contribution is 2.28. The van der Waals surface area contributed by atoms with Gasteiger partial charge in [0.2, 0.25) is 5.91 Å². The van der Waals surface area contributed by atoms with Crippen molar-refractivity contribution in [2.45, 2.75) is 25.8 Å².